The van der Waals surface area contributed by atoms with Crippen LogP contribution in [0.5, 0.6) is 0 Å². The Morgan fingerprint density at radius 1 is 1.44 bits per heavy atom. The van der Waals surface area contributed by atoms with Gasteiger partial charge in [-0.2, -0.15) is 0 Å². The van der Waals surface area contributed by atoms with E-state index in [9.17, 15) is 5.11 Å². The van der Waals surface area contributed by atoms with Gasteiger partial charge in [-0.25, -0.2) is 4.98 Å². The number of hydrogen-bond acceptors (Lipinski definition) is 3. The minimum absolute atomic E-state index is 0.142. The number of nitrogens with zero attached hydrogens (tertiary/aromatic N) is 2. The monoisotopic (exact) mass is 223 g/mol. The number of aromatic nitrogens is 2. The van der Waals surface area contributed by atoms with Crippen molar-refractivity contribution in [2.45, 2.75) is 51.1 Å². The first-order valence-electron chi connectivity index (χ1n) is 6.20. The predicted octanol–water partition coefficient (Wildman–Crippen LogP) is 2.01. The molecule has 2 rings (SSSR count). The fourth-order valence-corrected chi connectivity index (χ4v) is 2.48. The molecule has 0 amide bonds. The molecule has 0 aliphatic heterocycles. The van der Waals surface area contributed by atoms with Crippen molar-refractivity contribution in [2.24, 2.45) is 0 Å². The lowest BCUT2D eigenvalue weighted by atomic mass is 9.82. The van der Waals surface area contributed by atoms with Crippen molar-refractivity contribution in [3.8, 4) is 0 Å². The average molecular weight is 223 g/mol. The smallest absolute Gasteiger partial charge is 0.203 e. The quantitative estimate of drug-likeness (QED) is 0.821. The highest BCUT2D eigenvalue weighted by Crippen LogP contribution is 2.30. The van der Waals surface area contributed by atoms with Crippen molar-refractivity contribution in [3.63, 3.8) is 0 Å². The van der Waals surface area contributed by atoms with Crippen molar-refractivity contribution in [1.82, 2.24) is 9.55 Å². The fraction of sp³-hybridized carbons (Fsp3) is 0.750. The first-order valence-corrected chi connectivity index (χ1v) is 6.20. The van der Waals surface area contributed by atoms with Gasteiger partial charge < -0.3 is 15.0 Å². The predicted molar refractivity (Wildman–Crippen MR) is 64.4 cm³/mol. The van der Waals surface area contributed by atoms with Gasteiger partial charge in [0, 0.05) is 18.9 Å². The molecular weight excluding hydrogens is 202 g/mol. The van der Waals surface area contributed by atoms with Gasteiger partial charge in [-0.3, -0.25) is 0 Å². The van der Waals surface area contributed by atoms with Crippen LogP contribution in [0.1, 0.15) is 39.0 Å². The van der Waals surface area contributed by atoms with Gasteiger partial charge in [0.1, 0.15) is 0 Å². The topological polar surface area (TPSA) is 50.1 Å². The Morgan fingerprint density at radius 2 is 2.19 bits per heavy atom. The van der Waals surface area contributed by atoms with Gasteiger partial charge in [0.05, 0.1) is 12.1 Å². The maximum absolute atomic E-state index is 9.60. The van der Waals surface area contributed by atoms with Gasteiger partial charge in [0.25, 0.3) is 0 Å². The number of aryl methyl sites for hydroxylation is 1. The van der Waals surface area contributed by atoms with Gasteiger partial charge in [-0.1, -0.05) is 19.3 Å². The van der Waals surface area contributed by atoms with Crippen molar-refractivity contribution >= 4 is 5.95 Å². The molecule has 0 unspecified atom stereocenters. The molecule has 1 saturated carbocycles. The number of aliphatic hydroxyl groups is 1. The number of rotatable bonds is 4. The van der Waals surface area contributed by atoms with Crippen LogP contribution in [0.15, 0.2) is 12.4 Å². The molecule has 1 heterocycles. The molecule has 90 valence electrons. The van der Waals surface area contributed by atoms with Gasteiger partial charge in [-0.15, -0.1) is 0 Å². The van der Waals surface area contributed by atoms with Crippen LogP contribution in [0.4, 0.5) is 5.95 Å². The second-order valence-electron chi connectivity index (χ2n) is 4.66. The Hall–Kier alpha value is -1.03. The van der Waals surface area contributed by atoms with Gasteiger partial charge in [0.15, 0.2) is 0 Å². The molecule has 0 radical (unpaired) electrons. The summed E-state index contributed by atoms with van der Waals surface area (Å²) in [5.74, 6) is 0.887. The first-order chi connectivity index (χ1) is 7.79. The number of aliphatic hydroxyl groups excluding tert-OH is 1. The van der Waals surface area contributed by atoms with E-state index in [1.165, 1.54) is 19.3 Å². The summed E-state index contributed by atoms with van der Waals surface area (Å²) in [7, 11) is 0. The molecule has 1 aromatic heterocycles. The summed E-state index contributed by atoms with van der Waals surface area (Å²) in [6, 6.07) is 0. The molecule has 1 aliphatic carbocycles. The summed E-state index contributed by atoms with van der Waals surface area (Å²) >= 11 is 0. The third-order valence-electron chi connectivity index (χ3n) is 3.55. The molecule has 4 heteroatoms. The normalized spacial score (nSPS) is 19.6. The van der Waals surface area contributed by atoms with Crippen molar-refractivity contribution in [3.05, 3.63) is 12.4 Å². The van der Waals surface area contributed by atoms with E-state index in [2.05, 4.69) is 21.8 Å². The lowest BCUT2D eigenvalue weighted by molar-refractivity contribution is 0.171. The summed E-state index contributed by atoms with van der Waals surface area (Å²) in [5, 5.41) is 13.0. The molecule has 0 atom stereocenters. The summed E-state index contributed by atoms with van der Waals surface area (Å²) in [6.07, 6.45) is 9.53. The van der Waals surface area contributed by atoms with E-state index in [1.54, 1.807) is 6.20 Å². The Kier molecular flexibility index (Phi) is 3.49. The van der Waals surface area contributed by atoms with Crippen LogP contribution in [0, 0.1) is 0 Å². The maximum atomic E-state index is 9.60. The van der Waals surface area contributed by atoms with E-state index in [0.717, 1.165) is 25.3 Å². The minimum atomic E-state index is -0.142. The van der Waals surface area contributed by atoms with Crippen molar-refractivity contribution in [2.75, 3.05) is 11.9 Å². The number of imidazole rings is 1. The minimum Gasteiger partial charge on any atom is -0.394 e. The largest absolute Gasteiger partial charge is 0.394 e. The molecule has 16 heavy (non-hydrogen) atoms. The third-order valence-corrected chi connectivity index (χ3v) is 3.55. The maximum Gasteiger partial charge on any atom is 0.203 e. The second kappa shape index (κ2) is 4.87. The Labute approximate surface area is 96.7 Å². The van der Waals surface area contributed by atoms with Gasteiger partial charge in [-0.05, 0) is 19.8 Å². The van der Waals surface area contributed by atoms with E-state index in [-0.39, 0.29) is 12.1 Å². The number of hydrogen-bond donors (Lipinski definition) is 2. The summed E-state index contributed by atoms with van der Waals surface area (Å²) in [5.41, 5.74) is -0.142. The Bertz CT molecular complexity index is 329. The lowest BCUT2D eigenvalue weighted by Gasteiger charge is -2.36. The standard InChI is InChI=1S/C12H21N3O/c1-2-15-9-8-13-11(15)14-12(10-16)6-4-3-5-7-12/h8-9,16H,2-7,10H2,1H3,(H,13,14). The zero-order chi connectivity index (χ0) is 11.4. The van der Waals surface area contributed by atoms with E-state index in [4.69, 9.17) is 0 Å². The van der Waals surface area contributed by atoms with Crippen LogP contribution in [0.25, 0.3) is 0 Å². The Morgan fingerprint density at radius 3 is 2.81 bits per heavy atom. The molecule has 0 bridgehead atoms. The van der Waals surface area contributed by atoms with E-state index >= 15 is 0 Å². The van der Waals surface area contributed by atoms with E-state index < -0.39 is 0 Å². The summed E-state index contributed by atoms with van der Waals surface area (Å²) in [4.78, 5) is 4.31. The van der Waals surface area contributed by atoms with Crippen LogP contribution in [-0.2, 0) is 6.54 Å². The van der Waals surface area contributed by atoms with Crippen LogP contribution < -0.4 is 5.32 Å². The zero-order valence-electron chi connectivity index (χ0n) is 9.95. The molecule has 1 fully saturated rings. The molecule has 4 nitrogen and oxygen atoms in total. The Balaban J connectivity index is 2.11. The van der Waals surface area contributed by atoms with Crippen molar-refractivity contribution in [1.29, 1.82) is 0 Å². The van der Waals surface area contributed by atoms with Crippen LogP contribution in [-0.4, -0.2) is 26.8 Å². The molecule has 2 N–H and O–H groups in total. The number of nitrogens with one attached hydrogen (secondary N) is 1. The lowest BCUT2D eigenvalue weighted by Crippen LogP contribution is -2.44. The second-order valence-corrected chi connectivity index (χ2v) is 4.66. The first kappa shape index (κ1) is 11.5. The van der Waals surface area contributed by atoms with E-state index in [1.807, 2.05) is 6.20 Å². The third kappa shape index (κ3) is 2.21. The molecule has 0 aromatic carbocycles. The average Bonchev–Trinajstić information content (AvgIpc) is 2.77. The molecule has 1 aromatic rings. The molecule has 0 spiro atoms. The highest BCUT2D eigenvalue weighted by molar-refractivity contribution is 5.31. The zero-order valence-corrected chi connectivity index (χ0v) is 9.95. The van der Waals surface area contributed by atoms with Crippen molar-refractivity contribution < 1.29 is 5.11 Å². The summed E-state index contributed by atoms with van der Waals surface area (Å²) < 4.78 is 2.08. The molecule has 1 aliphatic rings. The van der Waals surface area contributed by atoms with Crippen LogP contribution >= 0.6 is 0 Å². The highest BCUT2D eigenvalue weighted by atomic mass is 16.3. The van der Waals surface area contributed by atoms with Gasteiger partial charge in [0.2, 0.25) is 5.95 Å². The van der Waals surface area contributed by atoms with E-state index in [0.29, 0.717) is 0 Å². The van der Waals surface area contributed by atoms with Crippen LogP contribution in [0.3, 0.4) is 0 Å². The fourth-order valence-electron chi connectivity index (χ4n) is 2.48. The SMILES string of the molecule is CCn1ccnc1NC1(CO)CCCCC1. The van der Waals surface area contributed by atoms with Gasteiger partial charge >= 0.3 is 0 Å². The summed E-state index contributed by atoms with van der Waals surface area (Å²) in [6.45, 7) is 3.20. The number of anilines is 1. The molecular formula is C12H21N3O. The van der Waals surface area contributed by atoms with Crippen LogP contribution in [0.2, 0.25) is 0 Å². The molecule has 0 saturated heterocycles. The highest BCUT2D eigenvalue weighted by Gasteiger charge is 2.32.